The van der Waals surface area contributed by atoms with Gasteiger partial charge in [0.2, 0.25) is 0 Å². The molecular formula is C13H22N2OS2. The average Bonchev–Trinajstić information content (AvgIpc) is 2.73. The number of morpholine rings is 1. The van der Waals surface area contributed by atoms with E-state index in [1.165, 1.54) is 15.6 Å². The quantitative estimate of drug-likeness (QED) is 0.865. The minimum atomic E-state index is 0.109. The second-order valence-electron chi connectivity index (χ2n) is 5.68. The highest BCUT2D eigenvalue weighted by Gasteiger charge is 2.23. The summed E-state index contributed by atoms with van der Waals surface area (Å²) in [5, 5.41) is 1.21. The number of thiazole rings is 1. The zero-order chi connectivity index (χ0) is 13.2. The van der Waals surface area contributed by atoms with E-state index in [0.29, 0.717) is 0 Å². The van der Waals surface area contributed by atoms with E-state index >= 15 is 0 Å². The van der Waals surface area contributed by atoms with Gasteiger partial charge in [-0.2, -0.15) is 12.6 Å². The Morgan fingerprint density at radius 1 is 1.33 bits per heavy atom. The fourth-order valence-corrected chi connectivity index (χ4v) is 3.64. The van der Waals surface area contributed by atoms with Crippen molar-refractivity contribution in [3.63, 3.8) is 0 Å². The lowest BCUT2D eigenvalue weighted by Gasteiger charge is -2.25. The predicted molar refractivity (Wildman–Crippen MR) is 79.6 cm³/mol. The third-order valence-corrected chi connectivity index (χ3v) is 4.63. The molecule has 0 N–H and O–H groups in total. The van der Waals surface area contributed by atoms with Crippen LogP contribution in [0.2, 0.25) is 0 Å². The molecule has 1 fully saturated rings. The Kier molecular flexibility index (Phi) is 4.69. The number of ether oxygens (including phenoxy) is 1. The Hall–Kier alpha value is -0.100. The Morgan fingerprint density at radius 2 is 2.00 bits per heavy atom. The first-order chi connectivity index (χ1) is 8.50. The fraction of sp³-hybridized carbons (Fsp3) is 0.769. The molecule has 1 aromatic heterocycles. The minimum absolute atomic E-state index is 0.109. The molecule has 0 radical (unpaired) electrons. The molecule has 1 aliphatic heterocycles. The number of hydrogen-bond acceptors (Lipinski definition) is 5. The zero-order valence-corrected chi connectivity index (χ0v) is 13.1. The number of hydrogen-bond donors (Lipinski definition) is 1. The molecule has 2 rings (SSSR count). The molecule has 0 bridgehead atoms. The van der Waals surface area contributed by atoms with Crippen LogP contribution in [0.3, 0.4) is 0 Å². The molecule has 0 saturated carbocycles. The summed E-state index contributed by atoms with van der Waals surface area (Å²) in [6.07, 6.45) is 0. The summed E-state index contributed by atoms with van der Waals surface area (Å²) >= 11 is 6.24. The topological polar surface area (TPSA) is 25.4 Å². The third kappa shape index (κ3) is 3.47. The van der Waals surface area contributed by atoms with Crippen molar-refractivity contribution < 1.29 is 4.74 Å². The molecule has 0 amide bonds. The van der Waals surface area contributed by atoms with Crippen LogP contribution in [0.1, 0.15) is 36.3 Å². The summed E-state index contributed by atoms with van der Waals surface area (Å²) < 4.78 is 5.37. The molecule has 3 nitrogen and oxygen atoms in total. The third-order valence-electron chi connectivity index (χ3n) is 3.06. The van der Waals surface area contributed by atoms with Crippen molar-refractivity contribution in [2.45, 2.75) is 38.5 Å². The van der Waals surface area contributed by atoms with E-state index in [0.717, 1.165) is 38.6 Å². The summed E-state index contributed by atoms with van der Waals surface area (Å²) in [6, 6.07) is 0. The van der Waals surface area contributed by atoms with Crippen LogP contribution < -0.4 is 0 Å². The summed E-state index contributed by atoms with van der Waals surface area (Å²) in [6.45, 7) is 11.3. The van der Waals surface area contributed by atoms with Gasteiger partial charge in [0, 0.05) is 29.1 Å². The first kappa shape index (κ1) is 14.3. The Bertz CT molecular complexity index is 392. The molecule has 1 saturated heterocycles. The molecule has 5 heteroatoms. The molecule has 0 aromatic carbocycles. The van der Waals surface area contributed by atoms with Crippen LogP contribution in [0.25, 0.3) is 0 Å². The molecule has 1 aliphatic rings. The number of aromatic nitrogens is 1. The van der Waals surface area contributed by atoms with E-state index < -0.39 is 0 Å². The maximum absolute atomic E-state index is 5.37. The molecule has 0 atom stereocenters. The molecule has 102 valence electrons. The second kappa shape index (κ2) is 5.90. The van der Waals surface area contributed by atoms with E-state index in [9.17, 15) is 0 Å². The molecule has 0 aliphatic carbocycles. The second-order valence-corrected chi connectivity index (χ2v) is 7.16. The minimum Gasteiger partial charge on any atom is -0.379 e. The number of rotatable bonds is 3. The smallest absolute Gasteiger partial charge is 0.107 e. The van der Waals surface area contributed by atoms with Gasteiger partial charge in [-0.15, -0.1) is 11.3 Å². The van der Waals surface area contributed by atoms with Crippen LogP contribution in [0.15, 0.2) is 0 Å². The van der Waals surface area contributed by atoms with Crippen molar-refractivity contribution in [1.29, 1.82) is 0 Å². The first-order valence-corrected chi connectivity index (χ1v) is 7.85. The van der Waals surface area contributed by atoms with Gasteiger partial charge in [0.25, 0.3) is 0 Å². The van der Waals surface area contributed by atoms with Gasteiger partial charge in [0.15, 0.2) is 0 Å². The lowest BCUT2D eigenvalue weighted by molar-refractivity contribution is 0.0341. The molecule has 2 heterocycles. The predicted octanol–water partition coefficient (Wildman–Crippen LogP) is 2.70. The molecule has 18 heavy (non-hydrogen) atoms. The average molecular weight is 286 g/mol. The van der Waals surface area contributed by atoms with Gasteiger partial charge < -0.3 is 4.74 Å². The number of thiol groups is 1. The standard InChI is InChI=1S/C13H22N2OS2/c1-13(2,3)12-10(9-17)18-11(14-12)8-15-4-6-16-7-5-15/h17H,4-9H2,1-3H3. The van der Waals surface area contributed by atoms with Gasteiger partial charge in [-0.3, -0.25) is 4.90 Å². The van der Waals surface area contributed by atoms with E-state index in [2.05, 4.69) is 38.3 Å². The van der Waals surface area contributed by atoms with Crippen LogP contribution in [0.5, 0.6) is 0 Å². The van der Waals surface area contributed by atoms with E-state index in [1.54, 1.807) is 0 Å². The molecule has 0 spiro atoms. The van der Waals surface area contributed by atoms with Crippen molar-refractivity contribution in [3.05, 3.63) is 15.6 Å². The summed E-state index contributed by atoms with van der Waals surface area (Å²) in [5.74, 6) is 0.785. The van der Waals surface area contributed by atoms with Crippen LogP contribution in [-0.2, 0) is 22.4 Å². The Balaban J connectivity index is 2.11. The Labute approximate surface area is 119 Å². The fourth-order valence-electron chi connectivity index (χ4n) is 2.11. The highest BCUT2D eigenvalue weighted by Crippen LogP contribution is 2.31. The van der Waals surface area contributed by atoms with Crippen molar-refractivity contribution >= 4 is 24.0 Å². The first-order valence-electron chi connectivity index (χ1n) is 6.40. The van der Waals surface area contributed by atoms with Crippen molar-refractivity contribution in [3.8, 4) is 0 Å². The number of nitrogens with zero attached hydrogens (tertiary/aromatic N) is 2. The van der Waals surface area contributed by atoms with E-state index in [1.807, 2.05) is 11.3 Å². The van der Waals surface area contributed by atoms with Crippen molar-refractivity contribution in [1.82, 2.24) is 9.88 Å². The van der Waals surface area contributed by atoms with Crippen LogP contribution in [0.4, 0.5) is 0 Å². The summed E-state index contributed by atoms with van der Waals surface area (Å²) in [4.78, 5) is 8.56. The van der Waals surface area contributed by atoms with Gasteiger partial charge in [-0.25, -0.2) is 4.98 Å². The van der Waals surface area contributed by atoms with E-state index in [-0.39, 0.29) is 5.41 Å². The molecule has 1 aromatic rings. The highest BCUT2D eigenvalue weighted by atomic mass is 32.1. The lowest BCUT2D eigenvalue weighted by Crippen LogP contribution is -2.35. The highest BCUT2D eigenvalue weighted by molar-refractivity contribution is 7.79. The maximum Gasteiger partial charge on any atom is 0.107 e. The normalized spacial score (nSPS) is 18.2. The lowest BCUT2D eigenvalue weighted by atomic mass is 9.91. The van der Waals surface area contributed by atoms with Gasteiger partial charge >= 0.3 is 0 Å². The van der Waals surface area contributed by atoms with E-state index in [4.69, 9.17) is 9.72 Å². The molecule has 0 unspecified atom stereocenters. The summed E-state index contributed by atoms with van der Waals surface area (Å²) in [5.41, 5.74) is 1.32. The van der Waals surface area contributed by atoms with Gasteiger partial charge in [0.1, 0.15) is 5.01 Å². The zero-order valence-electron chi connectivity index (χ0n) is 11.4. The SMILES string of the molecule is CC(C)(C)c1nc(CN2CCOCC2)sc1CS. The largest absolute Gasteiger partial charge is 0.379 e. The van der Waals surface area contributed by atoms with Gasteiger partial charge in [0.05, 0.1) is 25.5 Å². The maximum atomic E-state index is 5.37. The van der Waals surface area contributed by atoms with Crippen LogP contribution >= 0.6 is 24.0 Å². The van der Waals surface area contributed by atoms with Crippen molar-refractivity contribution in [2.24, 2.45) is 0 Å². The van der Waals surface area contributed by atoms with Crippen LogP contribution in [0, 0.1) is 0 Å². The van der Waals surface area contributed by atoms with Crippen LogP contribution in [-0.4, -0.2) is 36.2 Å². The summed E-state index contributed by atoms with van der Waals surface area (Å²) in [7, 11) is 0. The Morgan fingerprint density at radius 3 is 2.50 bits per heavy atom. The van der Waals surface area contributed by atoms with Crippen molar-refractivity contribution in [2.75, 3.05) is 26.3 Å². The van der Waals surface area contributed by atoms with Gasteiger partial charge in [-0.1, -0.05) is 20.8 Å². The van der Waals surface area contributed by atoms with Gasteiger partial charge in [-0.05, 0) is 0 Å². The molecular weight excluding hydrogens is 264 g/mol. The monoisotopic (exact) mass is 286 g/mol.